The zero-order valence-corrected chi connectivity index (χ0v) is 17.8. The number of oxime groups is 1. The molecule has 4 heterocycles. The van der Waals surface area contributed by atoms with Crippen LogP contribution < -0.4 is 5.32 Å². The molecule has 1 amide bonds. The van der Waals surface area contributed by atoms with Crippen LogP contribution in [0.25, 0.3) is 16.9 Å². The molecular weight excluding hydrogens is 412 g/mol. The van der Waals surface area contributed by atoms with Crippen LogP contribution in [0.4, 0.5) is 10.5 Å². The minimum absolute atomic E-state index is 0.145. The van der Waals surface area contributed by atoms with Crippen LogP contribution in [-0.4, -0.2) is 67.3 Å². The summed E-state index contributed by atoms with van der Waals surface area (Å²) in [4.78, 5) is 26.6. The molecule has 32 heavy (non-hydrogen) atoms. The third-order valence-corrected chi connectivity index (χ3v) is 4.94. The van der Waals surface area contributed by atoms with E-state index >= 15 is 0 Å². The number of nitrogens with one attached hydrogen (secondary N) is 1. The quantitative estimate of drug-likeness (QED) is 0.603. The molecule has 2 N–H and O–H groups in total. The summed E-state index contributed by atoms with van der Waals surface area (Å²) in [7, 11) is 1.49. The van der Waals surface area contributed by atoms with Crippen molar-refractivity contribution in [1.29, 1.82) is 5.26 Å². The second kappa shape index (κ2) is 8.50. The molecular formula is C21H22N8O3. The number of hydrogen-bond acceptors (Lipinski definition) is 8. The molecule has 3 aromatic heterocycles. The van der Waals surface area contributed by atoms with Crippen LogP contribution in [0, 0.1) is 11.3 Å². The van der Waals surface area contributed by atoms with Crippen molar-refractivity contribution in [3.8, 4) is 11.9 Å². The van der Waals surface area contributed by atoms with Crippen LogP contribution in [0.5, 0.6) is 0 Å². The predicted octanol–water partition coefficient (Wildman–Crippen LogP) is 2.61. The van der Waals surface area contributed by atoms with Crippen molar-refractivity contribution in [3.05, 3.63) is 41.9 Å². The smallest absolute Gasteiger partial charge is 0.407 e. The number of aromatic nitrogens is 4. The van der Waals surface area contributed by atoms with E-state index in [0.717, 1.165) is 16.6 Å². The van der Waals surface area contributed by atoms with Crippen molar-refractivity contribution < 1.29 is 14.7 Å². The van der Waals surface area contributed by atoms with Gasteiger partial charge in [-0.05, 0) is 19.9 Å². The highest BCUT2D eigenvalue weighted by Gasteiger charge is 2.27. The van der Waals surface area contributed by atoms with Gasteiger partial charge in [-0.1, -0.05) is 5.16 Å². The van der Waals surface area contributed by atoms with Crippen LogP contribution in [-0.2, 0) is 4.84 Å². The average molecular weight is 434 g/mol. The topological polar surface area (TPSA) is 142 Å². The van der Waals surface area contributed by atoms with Gasteiger partial charge in [-0.15, -0.1) is 0 Å². The number of fused-ring (bicyclic) bond motifs is 1. The molecule has 1 atom stereocenters. The molecule has 0 saturated heterocycles. The summed E-state index contributed by atoms with van der Waals surface area (Å²) in [5, 5.41) is 30.9. The van der Waals surface area contributed by atoms with Crippen molar-refractivity contribution in [3.63, 3.8) is 0 Å². The van der Waals surface area contributed by atoms with Gasteiger partial charge in [-0.25, -0.2) is 14.8 Å². The Morgan fingerprint density at radius 3 is 2.91 bits per heavy atom. The van der Waals surface area contributed by atoms with E-state index in [0.29, 0.717) is 29.2 Å². The zero-order valence-electron chi connectivity index (χ0n) is 17.8. The molecule has 0 radical (unpaired) electrons. The van der Waals surface area contributed by atoms with Gasteiger partial charge in [0.05, 0.1) is 24.0 Å². The Kier molecular flexibility index (Phi) is 5.59. The number of carboxylic acid groups (broad SMARTS) is 1. The lowest BCUT2D eigenvalue weighted by Gasteiger charge is -2.17. The van der Waals surface area contributed by atoms with Gasteiger partial charge in [0.15, 0.2) is 17.6 Å². The maximum atomic E-state index is 11.1. The Balaban J connectivity index is 1.65. The Hall–Kier alpha value is -4.20. The Labute approximate surface area is 183 Å². The Bertz CT molecular complexity index is 1240. The molecule has 1 aliphatic rings. The highest BCUT2D eigenvalue weighted by Crippen LogP contribution is 2.26. The van der Waals surface area contributed by atoms with Crippen molar-refractivity contribution in [1.82, 2.24) is 24.6 Å². The fourth-order valence-electron chi connectivity index (χ4n) is 3.44. The molecule has 11 heteroatoms. The second-order valence-corrected chi connectivity index (χ2v) is 7.82. The van der Waals surface area contributed by atoms with E-state index in [2.05, 4.69) is 31.6 Å². The lowest BCUT2D eigenvalue weighted by molar-refractivity contribution is 0.0581. The third kappa shape index (κ3) is 4.15. The number of nitriles is 1. The predicted molar refractivity (Wildman–Crippen MR) is 117 cm³/mol. The second-order valence-electron chi connectivity index (χ2n) is 7.82. The molecule has 1 unspecified atom stereocenters. The van der Waals surface area contributed by atoms with Gasteiger partial charge in [-0.2, -0.15) is 15.0 Å². The summed E-state index contributed by atoms with van der Waals surface area (Å²) in [6.07, 6.45) is 3.94. The van der Waals surface area contributed by atoms with Crippen LogP contribution in [0.15, 0.2) is 35.9 Å². The van der Waals surface area contributed by atoms with Gasteiger partial charge in [0.25, 0.3) is 0 Å². The first-order chi connectivity index (χ1) is 15.4. The summed E-state index contributed by atoms with van der Waals surface area (Å²) in [6, 6.07) is 5.81. The highest BCUT2D eigenvalue weighted by molar-refractivity contribution is 6.05. The molecule has 0 spiro atoms. The number of pyridine rings is 2. The van der Waals surface area contributed by atoms with Crippen molar-refractivity contribution in [2.45, 2.75) is 32.4 Å². The fraction of sp³-hybridized carbons (Fsp3) is 0.333. The van der Waals surface area contributed by atoms with Gasteiger partial charge < -0.3 is 20.2 Å². The number of carbonyl (C=O) groups is 1. The monoisotopic (exact) mass is 434 g/mol. The van der Waals surface area contributed by atoms with Gasteiger partial charge >= 0.3 is 6.09 Å². The first-order valence-electron chi connectivity index (χ1n) is 10.0. The van der Waals surface area contributed by atoms with Crippen molar-refractivity contribution in [2.24, 2.45) is 5.16 Å². The molecule has 4 rings (SSSR count). The van der Waals surface area contributed by atoms with Gasteiger partial charge in [0, 0.05) is 54.6 Å². The van der Waals surface area contributed by atoms with E-state index in [9.17, 15) is 4.79 Å². The summed E-state index contributed by atoms with van der Waals surface area (Å²) in [5.74, 6) is 0.561. The molecule has 3 aromatic rings. The summed E-state index contributed by atoms with van der Waals surface area (Å²) in [6.45, 7) is 4.27. The summed E-state index contributed by atoms with van der Waals surface area (Å²) in [5.41, 5.74) is 3.33. The summed E-state index contributed by atoms with van der Waals surface area (Å²) >= 11 is 0. The van der Waals surface area contributed by atoms with Gasteiger partial charge in [-0.3, -0.25) is 0 Å². The standard InChI is InChI=1S/C21H22N8O3/c1-12(2)26-17-6-19(29-20-14(9-25-29)4-13(7-22)8-24-20)23-10-16(17)18-5-15(32-27-18)11-28(3)21(30)31/h4,6,8-10,12,15H,5,11H2,1-3H3,(H,23,26)(H,30,31). The normalized spacial score (nSPS) is 15.3. The average Bonchev–Trinajstić information content (AvgIpc) is 3.39. The van der Waals surface area contributed by atoms with Crippen LogP contribution in [0.2, 0.25) is 0 Å². The van der Waals surface area contributed by atoms with E-state index in [4.69, 9.17) is 15.2 Å². The first kappa shape index (κ1) is 21.0. The molecule has 11 nitrogen and oxygen atoms in total. The number of hydrogen-bond donors (Lipinski definition) is 2. The number of amides is 1. The Morgan fingerprint density at radius 1 is 1.38 bits per heavy atom. The lowest BCUT2D eigenvalue weighted by atomic mass is 10.0. The van der Waals surface area contributed by atoms with Crippen molar-refractivity contribution >= 4 is 28.5 Å². The van der Waals surface area contributed by atoms with E-state index in [1.165, 1.54) is 18.1 Å². The number of rotatable bonds is 6. The molecule has 164 valence electrons. The van der Waals surface area contributed by atoms with E-state index in [1.807, 2.05) is 19.9 Å². The Morgan fingerprint density at radius 2 is 2.19 bits per heavy atom. The number of anilines is 1. The largest absolute Gasteiger partial charge is 0.465 e. The van der Waals surface area contributed by atoms with Crippen LogP contribution in [0.1, 0.15) is 31.4 Å². The maximum absolute atomic E-state index is 11.1. The number of nitrogens with zero attached hydrogens (tertiary/aromatic N) is 7. The number of likely N-dealkylation sites (N-methyl/N-ethyl adjacent to an activating group) is 1. The SMILES string of the molecule is CC(C)Nc1cc(-n2ncc3cc(C#N)cnc32)ncc1C1=NOC(CN(C)C(=O)O)C1. The lowest BCUT2D eigenvalue weighted by Crippen LogP contribution is -2.33. The highest BCUT2D eigenvalue weighted by atomic mass is 16.6. The van der Waals surface area contributed by atoms with Crippen LogP contribution in [0.3, 0.4) is 0 Å². The van der Waals surface area contributed by atoms with E-state index in [1.54, 1.807) is 23.1 Å². The third-order valence-electron chi connectivity index (χ3n) is 4.94. The van der Waals surface area contributed by atoms with Crippen molar-refractivity contribution in [2.75, 3.05) is 18.9 Å². The molecule has 0 aromatic carbocycles. The minimum Gasteiger partial charge on any atom is -0.465 e. The molecule has 0 saturated carbocycles. The zero-order chi connectivity index (χ0) is 22.8. The molecule has 0 fully saturated rings. The molecule has 1 aliphatic heterocycles. The van der Waals surface area contributed by atoms with E-state index in [-0.39, 0.29) is 18.7 Å². The maximum Gasteiger partial charge on any atom is 0.407 e. The fourth-order valence-corrected chi connectivity index (χ4v) is 3.44. The summed E-state index contributed by atoms with van der Waals surface area (Å²) < 4.78 is 1.61. The van der Waals surface area contributed by atoms with Gasteiger partial charge in [0.2, 0.25) is 0 Å². The first-order valence-corrected chi connectivity index (χ1v) is 10.0. The van der Waals surface area contributed by atoms with Gasteiger partial charge in [0.1, 0.15) is 6.07 Å². The molecule has 0 aliphatic carbocycles. The van der Waals surface area contributed by atoms with E-state index < -0.39 is 6.09 Å². The minimum atomic E-state index is -1.02. The van der Waals surface area contributed by atoms with Crippen LogP contribution >= 0.6 is 0 Å². The molecule has 0 bridgehead atoms.